The second kappa shape index (κ2) is 5.80. The van der Waals surface area contributed by atoms with Crippen molar-refractivity contribution in [2.75, 3.05) is 5.32 Å². The van der Waals surface area contributed by atoms with Gasteiger partial charge in [0.15, 0.2) is 0 Å². The fraction of sp³-hybridized carbons (Fsp3) is 0.154. The highest BCUT2D eigenvalue weighted by atomic mass is 79.9. The highest BCUT2D eigenvalue weighted by Crippen LogP contribution is 2.15. The molecule has 0 atom stereocenters. The fourth-order valence-electron chi connectivity index (χ4n) is 1.52. The van der Waals surface area contributed by atoms with Gasteiger partial charge >= 0.3 is 0 Å². The van der Waals surface area contributed by atoms with E-state index < -0.39 is 0 Å². The quantitative estimate of drug-likeness (QED) is 0.911. The molecule has 1 aromatic carbocycles. The zero-order valence-corrected chi connectivity index (χ0v) is 10.9. The van der Waals surface area contributed by atoms with Crippen molar-refractivity contribution in [1.82, 2.24) is 4.98 Å². The van der Waals surface area contributed by atoms with Gasteiger partial charge in [0.1, 0.15) is 0 Å². The van der Waals surface area contributed by atoms with Crippen LogP contribution in [0.15, 0.2) is 47.1 Å². The lowest BCUT2D eigenvalue weighted by atomic mass is 10.2. The standard InChI is InChI=1S/C13H14BrN3/c14-11-1-3-12(4-2-11)17-9-10-5-6-16-13(7-10)8-15/h1-7,17H,8-9,15H2. The van der Waals surface area contributed by atoms with E-state index in [1.54, 1.807) is 6.20 Å². The number of anilines is 1. The third kappa shape index (κ3) is 3.54. The molecule has 4 heteroatoms. The molecule has 0 fully saturated rings. The van der Waals surface area contributed by atoms with Crippen molar-refractivity contribution in [2.45, 2.75) is 13.1 Å². The normalized spacial score (nSPS) is 10.2. The van der Waals surface area contributed by atoms with Crippen molar-refractivity contribution in [3.8, 4) is 0 Å². The molecule has 0 unspecified atom stereocenters. The summed E-state index contributed by atoms with van der Waals surface area (Å²) in [5.41, 5.74) is 8.75. The molecule has 88 valence electrons. The van der Waals surface area contributed by atoms with E-state index in [-0.39, 0.29) is 0 Å². The third-order valence-electron chi connectivity index (χ3n) is 2.43. The zero-order chi connectivity index (χ0) is 12.1. The Balaban J connectivity index is 1.99. The van der Waals surface area contributed by atoms with Gasteiger partial charge in [0.2, 0.25) is 0 Å². The van der Waals surface area contributed by atoms with Crippen molar-refractivity contribution < 1.29 is 0 Å². The van der Waals surface area contributed by atoms with Crippen molar-refractivity contribution in [2.24, 2.45) is 5.73 Å². The largest absolute Gasteiger partial charge is 0.381 e. The Kier molecular flexibility index (Phi) is 4.12. The van der Waals surface area contributed by atoms with Gasteiger partial charge in [0, 0.05) is 29.4 Å². The summed E-state index contributed by atoms with van der Waals surface area (Å²) in [4.78, 5) is 4.17. The molecular formula is C13H14BrN3. The van der Waals surface area contributed by atoms with Crippen LogP contribution in [0.3, 0.4) is 0 Å². The summed E-state index contributed by atoms with van der Waals surface area (Å²) < 4.78 is 1.08. The first-order valence-corrected chi connectivity index (χ1v) is 6.20. The SMILES string of the molecule is NCc1cc(CNc2ccc(Br)cc2)ccn1. The maximum absolute atomic E-state index is 5.55. The van der Waals surface area contributed by atoms with Gasteiger partial charge in [-0.1, -0.05) is 15.9 Å². The van der Waals surface area contributed by atoms with Gasteiger partial charge < -0.3 is 11.1 Å². The number of rotatable bonds is 4. The van der Waals surface area contributed by atoms with Crippen LogP contribution in [0, 0.1) is 0 Å². The summed E-state index contributed by atoms with van der Waals surface area (Å²) >= 11 is 3.41. The molecule has 3 nitrogen and oxygen atoms in total. The molecule has 3 N–H and O–H groups in total. The molecule has 0 aliphatic heterocycles. The topological polar surface area (TPSA) is 50.9 Å². The molecule has 2 aromatic rings. The van der Waals surface area contributed by atoms with Crippen molar-refractivity contribution >= 4 is 21.6 Å². The van der Waals surface area contributed by atoms with Gasteiger partial charge in [-0.2, -0.15) is 0 Å². The summed E-state index contributed by atoms with van der Waals surface area (Å²) in [6.07, 6.45) is 1.79. The highest BCUT2D eigenvalue weighted by Gasteiger charge is 1.96. The molecule has 1 aromatic heterocycles. The van der Waals surface area contributed by atoms with Crippen molar-refractivity contribution in [3.63, 3.8) is 0 Å². The summed E-state index contributed by atoms with van der Waals surface area (Å²) in [5, 5.41) is 3.35. The molecular weight excluding hydrogens is 278 g/mol. The summed E-state index contributed by atoms with van der Waals surface area (Å²) in [7, 11) is 0. The Morgan fingerprint density at radius 1 is 1.18 bits per heavy atom. The smallest absolute Gasteiger partial charge is 0.0542 e. The molecule has 2 rings (SSSR count). The number of nitrogens with one attached hydrogen (secondary N) is 1. The van der Waals surface area contributed by atoms with E-state index in [1.807, 2.05) is 36.4 Å². The summed E-state index contributed by atoms with van der Waals surface area (Å²) in [6.45, 7) is 1.25. The molecule has 0 saturated carbocycles. The Morgan fingerprint density at radius 3 is 2.65 bits per heavy atom. The molecule has 0 aliphatic carbocycles. The summed E-state index contributed by atoms with van der Waals surface area (Å²) in [5.74, 6) is 0. The molecule has 0 aliphatic rings. The molecule has 0 bridgehead atoms. The van der Waals surface area contributed by atoms with Crippen LogP contribution < -0.4 is 11.1 Å². The highest BCUT2D eigenvalue weighted by molar-refractivity contribution is 9.10. The number of nitrogens with two attached hydrogens (primary N) is 1. The first-order valence-electron chi connectivity index (χ1n) is 5.41. The number of halogens is 1. The lowest BCUT2D eigenvalue weighted by molar-refractivity contribution is 0.973. The first kappa shape index (κ1) is 12.1. The van der Waals surface area contributed by atoms with E-state index >= 15 is 0 Å². The molecule has 0 radical (unpaired) electrons. The van der Waals surface area contributed by atoms with Crippen LogP contribution in [0.25, 0.3) is 0 Å². The zero-order valence-electron chi connectivity index (χ0n) is 9.36. The van der Waals surface area contributed by atoms with E-state index in [9.17, 15) is 0 Å². The van der Waals surface area contributed by atoms with Crippen LogP contribution in [0.4, 0.5) is 5.69 Å². The van der Waals surface area contributed by atoms with E-state index in [0.29, 0.717) is 6.54 Å². The van der Waals surface area contributed by atoms with Gasteiger partial charge in [-0.05, 0) is 42.0 Å². The fourth-order valence-corrected chi connectivity index (χ4v) is 1.79. The van der Waals surface area contributed by atoms with E-state index in [1.165, 1.54) is 5.56 Å². The van der Waals surface area contributed by atoms with Gasteiger partial charge in [0.05, 0.1) is 5.69 Å². The van der Waals surface area contributed by atoms with Crippen molar-refractivity contribution in [3.05, 3.63) is 58.3 Å². The molecule has 0 spiro atoms. The van der Waals surface area contributed by atoms with Gasteiger partial charge in [-0.3, -0.25) is 4.98 Å². The Bertz CT molecular complexity index is 482. The van der Waals surface area contributed by atoms with Crippen LogP contribution in [0.5, 0.6) is 0 Å². The third-order valence-corrected chi connectivity index (χ3v) is 2.96. The monoisotopic (exact) mass is 291 g/mol. The van der Waals surface area contributed by atoms with Crippen LogP contribution in [-0.2, 0) is 13.1 Å². The molecule has 0 amide bonds. The van der Waals surface area contributed by atoms with Crippen LogP contribution in [0.2, 0.25) is 0 Å². The second-order valence-corrected chi connectivity index (χ2v) is 4.64. The Labute approximate surface area is 109 Å². The van der Waals surface area contributed by atoms with Crippen molar-refractivity contribution in [1.29, 1.82) is 0 Å². The molecule has 17 heavy (non-hydrogen) atoms. The Morgan fingerprint density at radius 2 is 1.94 bits per heavy atom. The number of nitrogens with zero attached hydrogens (tertiary/aromatic N) is 1. The van der Waals surface area contributed by atoms with Crippen LogP contribution in [-0.4, -0.2) is 4.98 Å². The predicted octanol–water partition coefficient (Wildman–Crippen LogP) is 2.91. The number of hydrogen-bond donors (Lipinski definition) is 2. The lowest BCUT2D eigenvalue weighted by Crippen LogP contribution is -2.03. The number of aromatic nitrogens is 1. The average Bonchev–Trinajstić information content (AvgIpc) is 2.38. The van der Waals surface area contributed by atoms with Gasteiger partial charge in [0.25, 0.3) is 0 Å². The number of hydrogen-bond acceptors (Lipinski definition) is 3. The van der Waals surface area contributed by atoms with Gasteiger partial charge in [-0.15, -0.1) is 0 Å². The van der Waals surface area contributed by atoms with E-state index in [0.717, 1.165) is 22.4 Å². The summed E-state index contributed by atoms with van der Waals surface area (Å²) in [6, 6.07) is 12.1. The minimum Gasteiger partial charge on any atom is -0.381 e. The number of benzene rings is 1. The lowest BCUT2D eigenvalue weighted by Gasteiger charge is -2.07. The van der Waals surface area contributed by atoms with Gasteiger partial charge in [-0.25, -0.2) is 0 Å². The van der Waals surface area contributed by atoms with Crippen LogP contribution in [0.1, 0.15) is 11.3 Å². The minimum absolute atomic E-state index is 0.478. The first-order chi connectivity index (χ1) is 8.28. The maximum atomic E-state index is 5.55. The Hall–Kier alpha value is -1.39. The molecule has 0 saturated heterocycles. The van der Waals surface area contributed by atoms with E-state index in [2.05, 4.69) is 26.2 Å². The molecule has 1 heterocycles. The second-order valence-electron chi connectivity index (χ2n) is 3.72. The predicted molar refractivity (Wildman–Crippen MR) is 73.6 cm³/mol. The average molecular weight is 292 g/mol. The maximum Gasteiger partial charge on any atom is 0.0542 e. The van der Waals surface area contributed by atoms with Crippen LogP contribution >= 0.6 is 15.9 Å². The van der Waals surface area contributed by atoms with E-state index in [4.69, 9.17) is 5.73 Å². The number of pyridine rings is 1. The minimum atomic E-state index is 0.478.